The van der Waals surface area contributed by atoms with Crippen LogP contribution in [0.1, 0.15) is 45.4 Å². The van der Waals surface area contributed by atoms with E-state index in [1.807, 2.05) is 17.4 Å². The largest absolute Gasteiger partial charge is 0.369 e. The van der Waals surface area contributed by atoms with Crippen molar-refractivity contribution < 1.29 is 9.53 Å². The molecule has 28 heavy (non-hydrogen) atoms. The van der Waals surface area contributed by atoms with Crippen molar-refractivity contribution in [3.05, 3.63) is 40.1 Å². The van der Waals surface area contributed by atoms with Crippen LogP contribution in [0.4, 0.5) is 0 Å². The molecule has 5 rings (SSSR count). The summed E-state index contributed by atoms with van der Waals surface area (Å²) in [4.78, 5) is 21.4. The molecule has 1 atom stereocenters. The first-order valence-electron chi connectivity index (χ1n) is 9.50. The molecule has 1 unspecified atom stereocenters. The molecule has 3 aliphatic rings. The highest BCUT2D eigenvalue weighted by molar-refractivity contribution is 7.14. The predicted molar refractivity (Wildman–Crippen MR) is 114 cm³/mol. The minimum absolute atomic E-state index is 0. The molecule has 0 bridgehead atoms. The molecule has 1 spiro atoms. The summed E-state index contributed by atoms with van der Waals surface area (Å²) in [5, 5.41) is 3.42. The smallest absolute Gasteiger partial charge is 0.264 e. The zero-order valence-corrected chi connectivity index (χ0v) is 18.1. The fraction of sp³-hybridized carbons (Fsp3) is 0.579. The monoisotopic (exact) mass is 444 g/mol. The van der Waals surface area contributed by atoms with E-state index < -0.39 is 0 Å². The third kappa shape index (κ3) is 3.71. The second kappa shape index (κ2) is 8.71. The van der Waals surface area contributed by atoms with E-state index in [1.54, 1.807) is 17.5 Å². The quantitative estimate of drug-likeness (QED) is 0.772. The lowest BCUT2D eigenvalue weighted by molar-refractivity contribution is -0.0771. The maximum atomic E-state index is 13.1. The third-order valence-corrected chi connectivity index (χ3v) is 7.34. The first kappa shape index (κ1) is 21.6. The van der Waals surface area contributed by atoms with Crippen LogP contribution >= 0.6 is 36.2 Å². The molecule has 0 aliphatic carbocycles. The number of thiophene rings is 1. The molecule has 2 fully saturated rings. The number of nitrogens with one attached hydrogen (secondary N) is 1. The van der Waals surface area contributed by atoms with Gasteiger partial charge in [0.25, 0.3) is 5.91 Å². The zero-order chi connectivity index (χ0) is 17.6. The summed E-state index contributed by atoms with van der Waals surface area (Å²) in [6.45, 7) is 4.32. The third-order valence-electron chi connectivity index (χ3n) is 5.99. The molecule has 2 aromatic rings. The summed E-state index contributed by atoms with van der Waals surface area (Å²) in [5.41, 5.74) is 1.17. The van der Waals surface area contributed by atoms with Gasteiger partial charge in [0.15, 0.2) is 0 Å². The number of hydrogen-bond donors (Lipinski definition) is 1. The topological polar surface area (TPSA) is 59.4 Å². The van der Waals surface area contributed by atoms with Gasteiger partial charge < -0.3 is 19.5 Å². The van der Waals surface area contributed by atoms with Crippen LogP contribution < -0.4 is 5.32 Å². The Morgan fingerprint density at radius 3 is 2.89 bits per heavy atom. The molecule has 1 amide bonds. The number of piperidine rings is 1. The Labute approximate surface area is 181 Å². The Morgan fingerprint density at radius 2 is 2.14 bits per heavy atom. The average Bonchev–Trinajstić information content (AvgIpc) is 3.41. The standard InChI is InChI=1S/C19H24N4O2S.2ClH/c24-18(22-8-1-15(12-22)23-9-7-21-13-23)16-11-14-2-10-25-19(17(14)26-16)3-5-20-6-4-19;;/h7,9,11,13,15,20H,1-6,8,10,12H2;2*1H. The molecule has 2 aromatic heterocycles. The number of amides is 1. The maximum Gasteiger partial charge on any atom is 0.264 e. The molecular weight excluding hydrogens is 419 g/mol. The number of nitrogens with zero attached hydrogens (tertiary/aromatic N) is 3. The van der Waals surface area contributed by atoms with E-state index in [-0.39, 0.29) is 36.3 Å². The summed E-state index contributed by atoms with van der Waals surface area (Å²) in [6, 6.07) is 2.48. The molecule has 9 heteroatoms. The highest BCUT2D eigenvalue weighted by Crippen LogP contribution is 2.44. The number of likely N-dealkylation sites (tertiary alicyclic amines) is 1. The number of fused-ring (bicyclic) bond motifs is 2. The number of aromatic nitrogens is 2. The van der Waals surface area contributed by atoms with Gasteiger partial charge in [-0.25, -0.2) is 4.98 Å². The number of rotatable bonds is 2. The summed E-state index contributed by atoms with van der Waals surface area (Å²) in [6.07, 6.45) is 9.55. The number of carbonyl (C=O) groups is 1. The van der Waals surface area contributed by atoms with E-state index >= 15 is 0 Å². The van der Waals surface area contributed by atoms with Crippen LogP contribution in [-0.2, 0) is 16.8 Å². The zero-order valence-electron chi connectivity index (χ0n) is 15.6. The van der Waals surface area contributed by atoms with Crippen molar-refractivity contribution in [2.75, 3.05) is 32.8 Å². The first-order chi connectivity index (χ1) is 12.8. The summed E-state index contributed by atoms with van der Waals surface area (Å²) in [5.74, 6) is 0.177. The fourth-order valence-corrected chi connectivity index (χ4v) is 5.92. The van der Waals surface area contributed by atoms with Crippen molar-refractivity contribution in [1.82, 2.24) is 19.8 Å². The number of carbonyl (C=O) groups excluding carboxylic acids is 1. The van der Waals surface area contributed by atoms with E-state index in [0.717, 1.165) is 63.3 Å². The van der Waals surface area contributed by atoms with Crippen LogP contribution in [0.3, 0.4) is 0 Å². The molecule has 0 aromatic carbocycles. The molecule has 154 valence electrons. The molecule has 2 saturated heterocycles. The van der Waals surface area contributed by atoms with Gasteiger partial charge in [-0.05, 0) is 50.4 Å². The molecule has 0 radical (unpaired) electrons. The van der Waals surface area contributed by atoms with Crippen molar-refractivity contribution >= 4 is 42.1 Å². The van der Waals surface area contributed by atoms with E-state index in [0.29, 0.717) is 6.04 Å². The average molecular weight is 445 g/mol. The Kier molecular flexibility index (Phi) is 6.72. The summed E-state index contributed by atoms with van der Waals surface area (Å²) < 4.78 is 8.37. The Balaban J connectivity index is 0.00000112. The molecular formula is C19H26Cl2N4O2S. The van der Waals surface area contributed by atoms with Crippen LogP contribution in [-0.4, -0.2) is 53.1 Å². The van der Waals surface area contributed by atoms with Crippen LogP contribution in [0.2, 0.25) is 0 Å². The van der Waals surface area contributed by atoms with Gasteiger partial charge in [0.1, 0.15) is 5.60 Å². The van der Waals surface area contributed by atoms with Crippen molar-refractivity contribution in [2.24, 2.45) is 0 Å². The molecule has 1 N–H and O–H groups in total. The molecule has 5 heterocycles. The lowest BCUT2D eigenvalue weighted by Crippen LogP contribution is -2.43. The van der Waals surface area contributed by atoms with E-state index in [9.17, 15) is 4.79 Å². The highest BCUT2D eigenvalue weighted by atomic mass is 35.5. The van der Waals surface area contributed by atoms with Crippen LogP contribution in [0, 0.1) is 0 Å². The molecule has 0 saturated carbocycles. The number of hydrogen-bond acceptors (Lipinski definition) is 5. The molecule has 3 aliphatic heterocycles. The second-order valence-corrected chi connectivity index (χ2v) is 8.56. The summed E-state index contributed by atoms with van der Waals surface area (Å²) >= 11 is 1.67. The lowest BCUT2D eigenvalue weighted by Gasteiger charge is -2.40. The van der Waals surface area contributed by atoms with Gasteiger partial charge >= 0.3 is 0 Å². The van der Waals surface area contributed by atoms with Crippen molar-refractivity contribution in [2.45, 2.75) is 37.3 Å². The summed E-state index contributed by atoms with van der Waals surface area (Å²) in [7, 11) is 0. The fourth-order valence-electron chi connectivity index (χ4n) is 4.54. The Morgan fingerprint density at radius 1 is 1.32 bits per heavy atom. The molecule has 6 nitrogen and oxygen atoms in total. The first-order valence-corrected chi connectivity index (χ1v) is 10.3. The predicted octanol–water partition coefficient (Wildman–Crippen LogP) is 3.03. The van der Waals surface area contributed by atoms with Crippen molar-refractivity contribution in [1.29, 1.82) is 0 Å². The normalized spacial score (nSPS) is 23.0. The minimum Gasteiger partial charge on any atom is -0.369 e. The van der Waals surface area contributed by atoms with E-state index in [1.165, 1.54) is 10.4 Å². The van der Waals surface area contributed by atoms with Gasteiger partial charge in [-0.1, -0.05) is 0 Å². The SMILES string of the molecule is Cl.Cl.O=C(c1cc2c(s1)C1(CCNCC1)OCC2)N1CCC(n2ccnc2)C1. The maximum absolute atomic E-state index is 13.1. The Bertz CT molecular complexity index is 805. The minimum atomic E-state index is -0.160. The van der Waals surface area contributed by atoms with Gasteiger partial charge in [0.05, 0.1) is 23.9 Å². The van der Waals surface area contributed by atoms with Gasteiger partial charge in [0.2, 0.25) is 0 Å². The Hall–Kier alpha value is -1.12. The lowest BCUT2D eigenvalue weighted by atomic mass is 9.86. The number of halogens is 2. The number of imidazole rings is 1. The van der Waals surface area contributed by atoms with Crippen molar-refractivity contribution in [3.63, 3.8) is 0 Å². The van der Waals surface area contributed by atoms with Crippen LogP contribution in [0.5, 0.6) is 0 Å². The van der Waals surface area contributed by atoms with Gasteiger partial charge in [-0.2, -0.15) is 0 Å². The van der Waals surface area contributed by atoms with Crippen molar-refractivity contribution in [3.8, 4) is 0 Å². The van der Waals surface area contributed by atoms with Crippen LogP contribution in [0.25, 0.3) is 0 Å². The van der Waals surface area contributed by atoms with E-state index in [2.05, 4.69) is 20.9 Å². The van der Waals surface area contributed by atoms with Gasteiger partial charge in [-0.15, -0.1) is 36.2 Å². The van der Waals surface area contributed by atoms with Gasteiger partial charge in [0, 0.05) is 30.4 Å². The van der Waals surface area contributed by atoms with E-state index in [4.69, 9.17) is 4.74 Å². The second-order valence-electron chi connectivity index (χ2n) is 7.51. The highest BCUT2D eigenvalue weighted by Gasteiger charge is 2.41. The van der Waals surface area contributed by atoms with Gasteiger partial charge in [-0.3, -0.25) is 4.79 Å². The van der Waals surface area contributed by atoms with Crippen LogP contribution in [0.15, 0.2) is 24.8 Å². The number of ether oxygens (including phenoxy) is 1.